The summed E-state index contributed by atoms with van der Waals surface area (Å²) in [6.07, 6.45) is 4.19. The summed E-state index contributed by atoms with van der Waals surface area (Å²) in [6.45, 7) is 6.91. The lowest BCUT2D eigenvalue weighted by Gasteiger charge is -2.08. The third-order valence-electron chi connectivity index (χ3n) is 1.97. The van der Waals surface area contributed by atoms with Crippen LogP contribution in [0.2, 0.25) is 0 Å². The molecule has 0 rings (SSSR count). The van der Waals surface area contributed by atoms with E-state index in [1.807, 2.05) is 0 Å². The smallest absolute Gasteiger partial charge is 0.220 e. The molecule has 1 unspecified atom stereocenters. The Hall–Kier alpha value is -0.830. The average Bonchev–Trinajstić information content (AvgIpc) is 2.12. The molecular weight excluding hydrogens is 164 g/mol. The number of nitrogens with one attached hydrogen (secondary N) is 1. The maximum absolute atomic E-state index is 11.1. The topological polar surface area (TPSA) is 55.1 Å². The highest BCUT2D eigenvalue weighted by Crippen LogP contribution is 2.08. The van der Waals surface area contributed by atoms with Crippen LogP contribution in [0.4, 0.5) is 0 Å². The van der Waals surface area contributed by atoms with Crippen LogP contribution in [-0.2, 0) is 4.79 Å². The number of amides is 1. The van der Waals surface area contributed by atoms with E-state index in [4.69, 9.17) is 5.73 Å². The summed E-state index contributed by atoms with van der Waals surface area (Å²) in [5.74, 6) is 0.642. The fourth-order valence-electron chi connectivity index (χ4n) is 1.08. The van der Waals surface area contributed by atoms with Crippen LogP contribution in [0.5, 0.6) is 0 Å². The molecule has 0 aliphatic carbocycles. The van der Waals surface area contributed by atoms with Crippen molar-refractivity contribution < 1.29 is 4.79 Å². The van der Waals surface area contributed by atoms with Gasteiger partial charge in [-0.05, 0) is 25.3 Å². The van der Waals surface area contributed by atoms with Gasteiger partial charge in [0.2, 0.25) is 5.91 Å². The average molecular weight is 184 g/mol. The molecule has 0 aromatic carbocycles. The van der Waals surface area contributed by atoms with Crippen molar-refractivity contribution in [3.63, 3.8) is 0 Å². The number of rotatable bonds is 7. The number of hydrogen-bond donors (Lipinski definition) is 2. The molecule has 0 aliphatic rings. The monoisotopic (exact) mass is 184 g/mol. The molecule has 3 N–H and O–H groups in total. The lowest BCUT2D eigenvalue weighted by molar-refractivity contribution is -0.121. The van der Waals surface area contributed by atoms with Gasteiger partial charge in [0.1, 0.15) is 0 Å². The molecule has 0 bridgehead atoms. The van der Waals surface area contributed by atoms with Gasteiger partial charge in [0.25, 0.3) is 0 Å². The van der Waals surface area contributed by atoms with Crippen LogP contribution in [0.1, 0.15) is 26.2 Å². The molecule has 0 aliphatic heterocycles. The zero-order valence-corrected chi connectivity index (χ0v) is 8.38. The molecule has 76 valence electrons. The molecule has 0 fully saturated rings. The van der Waals surface area contributed by atoms with Gasteiger partial charge < -0.3 is 11.1 Å². The number of carbonyl (C=O) groups excluding carboxylic acids is 1. The first-order chi connectivity index (χ1) is 6.20. The highest BCUT2D eigenvalue weighted by Gasteiger charge is 2.04. The highest BCUT2D eigenvalue weighted by molar-refractivity contribution is 5.75. The Morgan fingerprint density at radius 2 is 2.31 bits per heavy atom. The van der Waals surface area contributed by atoms with Crippen LogP contribution >= 0.6 is 0 Å². The van der Waals surface area contributed by atoms with Gasteiger partial charge in [-0.2, -0.15) is 0 Å². The zero-order chi connectivity index (χ0) is 10.1. The second kappa shape index (κ2) is 7.80. The SMILES string of the molecule is C=CCNC(=O)CCC(C)CCN. The van der Waals surface area contributed by atoms with Gasteiger partial charge >= 0.3 is 0 Å². The van der Waals surface area contributed by atoms with Crippen molar-refractivity contribution in [1.82, 2.24) is 5.32 Å². The summed E-state index contributed by atoms with van der Waals surface area (Å²) in [7, 11) is 0. The summed E-state index contributed by atoms with van der Waals surface area (Å²) < 4.78 is 0. The van der Waals surface area contributed by atoms with E-state index in [0.717, 1.165) is 12.8 Å². The minimum absolute atomic E-state index is 0.101. The third-order valence-corrected chi connectivity index (χ3v) is 1.97. The van der Waals surface area contributed by atoms with Crippen LogP contribution < -0.4 is 11.1 Å². The van der Waals surface area contributed by atoms with Gasteiger partial charge in [0.15, 0.2) is 0 Å². The molecule has 0 spiro atoms. The van der Waals surface area contributed by atoms with Gasteiger partial charge in [-0.15, -0.1) is 6.58 Å². The molecule has 1 atom stereocenters. The number of nitrogens with two attached hydrogens (primary N) is 1. The van der Waals surface area contributed by atoms with E-state index in [1.54, 1.807) is 6.08 Å². The first-order valence-electron chi connectivity index (χ1n) is 4.78. The standard InChI is InChI=1S/C10H20N2O/c1-3-8-12-10(13)5-4-9(2)6-7-11/h3,9H,1,4-8,11H2,2H3,(H,12,13). The molecule has 0 saturated heterocycles. The van der Waals surface area contributed by atoms with Crippen molar-refractivity contribution in [3.8, 4) is 0 Å². The molecule has 0 aromatic heterocycles. The Labute approximate surface area is 80.4 Å². The van der Waals surface area contributed by atoms with Gasteiger partial charge in [-0.3, -0.25) is 4.79 Å². The summed E-state index contributed by atoms with van der Waals surface area (Å²) in [6, 6.07) is 0. The van der Waals surface area contributed by atoms with Gasteiger partial charge in [-0.1, -0.05) is 13.0 Å². The maximum atomic E-state index is 11.1. The first kappa shape index (κ1) is 12.2. The molecular formula is C10H20N2O. The van der Waals surface area contributed by atoms with E-state index in [-0.39, 0.29) is 5.91 Å². The molecule has 13 heavy (non-hydrogen) atoms. The fourth-order valence-corrected chi connectivity index (χ4v) is 1.08. The van der Waals surface area contributed by atoms with Crippen LogP contribution in [-0.4, -0.2) is 19.0 Å². The van der Waals surface area contributed by atoms with E-state index in [2.05, 4.69) is 18.8 Å². The van der Waals surface area contributed by atoms with Crippen molar-refractivity contribution >= 4 is 5.91 Å². The summed E-state index contributed by atoms with van der Waals surface area (Å²) in [5.41, 5.74) is 5.40. The normalized spacial score (nSPS) is 12.2. The van der Waals surface area contributed by atoms with Crippen molar-refractivity contribution in [2.45, 2.75) is 26.2 Å². The Morgan fingerprint density at radius 1 is 1.62 bits per heavy atom. The second-order valence-corrected chi connectivity index (χ2v) is 3.31. The second-order valence-electron chi connectivity index (χ2n) is 3.31. The van der Waals surface area contributed by atoms with E-state index >= 15 is 0 Å². The van der Waals surface area contributed by atoms with E-state index in [9.17, 15) is 4.79 Å². The van der Waals surface area contributed by atoms with Crippen molar-refractivity contribution in [2.24, 2.45) is 11.7 Å². The van der Waals surface area contributed by atoms with E-state index < -0.39 is 0 Å². The predicted molar refractivity (Wildman–Crippen MR) is 55.3 cm³/mol. The van der Waals surface area contributed by atoms with Crippen molar-refractivity contribution in [3.05, 3.63) is 12.7 Å². The first-order valence-corrected chi connectivity index (χ1v) is 4.78. The molecule has 3 nitrogen and oxygen atoms in total. The molecule has 0 heterocycles. The minimum Gasteiger partial charge on any atom is -0.353 e. The summed E-state index contributed by atoms with van der Waals surface area (Å²) in [4.78, 5) is 11.1. The Morgan fingerprint density at radius 3 is 2.85 bits per heavy atom. The quantitative estimate of drug-likeness (QED) is 0.581. The van der Waals surface area contributed by atoms with Crippen LogP contribution in [0.3, 0.4) is 0 Å². The lowest BCUT2D eigenvalue weighted by Crippen LogP contribution is -2.23. The summed E-state index contributed by atoms with van der Waals surface area (Å²) in [5, 5.41) is 2.74. The van der Waals surface area contributed by atoms with Gasteiger partial charge in [0.05, 0.1) is 0 Å². The van der Waals surface area contributed by atoms with Crippen LogP contribution in [0.25, 0.3) is 0 Å². The van der Waals surface area contributed by atoms with E-state index in [0.29, 0.717) is 25.4 Å². The molecule has 0 radical (unpaired) electrons. The predicted octanol–water partition coefficient (Wildman–Crippen LogP) is 1.05. The molecule has 0 saturated carbocycles. The molecule has 3 heteroatoms. The largest absolute Gasteiger partial charge is 0.353 e. The van der Waals surface area contributed by atoms with Gasteiger partial charge in [-0.25, -0.2) is 0 Å². The van der Waals surface area contributed by atoms with Crippen LogP contribution in [0, 0.1) is 5.92 Å². The van der Waals surface area contributed by atoms with Crippen molar-refractivity contribution in [2.75, 3.05) is 13.1 Å². The van der Waals surface area contributed by atoms with Crippen LogP contribution in [0.15, 0.2) is 12.7 Å². The lowest BCUT2D eigenvalue weighted by atomic mass is 10.0. The maximum Gasteiger partial charge on any atom is 0.220 e. The minimum atomic E-state index is 0.101. The number of carbonyl (C=O) groups is 1. The van der Waals surface area contributed by atoms with Crippen molar-refractivity contribution in [1.29, 1.82) is 0 Å². The van der Waals surface area contributed by atoms with Gasteiger partial charge in [0, 0.05) is 13.0 Å². The van der Waals surface area contributed by atoms with E-state index in [1.165, 1.54) is 0 Å². The zero-order valence-electron chi connectivity index (χ0n) is 8.38. The Kier molecular flexibility index (Phi) is 7.30. The third kappa shape index (κ3) is 7.53. The number of hydrogen-bond acceptors (Lipinski definition) is 2. The molecule has 0 aromatic rings. The highest BCUT2D eigenvalue weighted by atomic mass is 16.1. The Bertz CT molecular complexity index is 157. The molecule has 1 amide bonds. The Balaban J connectivity index is 3.39. The summed E-state index contributed by atoms with van der Waals surface area (Å²) >= 11 is 0. The fraction of sp³-hybridized carbons (Fsp3) is 0.700.